The molecule has 2 aromatic rings. The SMILES string of the molecule is C=CCN(CC=C)C(=O)CSc1nnc(-c2ccccc2Br)n1N. The highest BCUT2D eigenvalue weighted by Crippen LogP contribution is 2.27. The Balaban J connectivity index is 2.09. The monoisotopic (exact) mass is 407 g/mol. The summed E-state index contributed by atoms with van der Waals surface area (Å²) in [5.41, 5.74) is 0.839. The molecule has 0 unspecified atom stereocenters. The van der Waals surface area contributed by atoms with Crippen LogP contribution in [-0.4, -0.2) is 44.5 Å². The van der Waals surface area contributed by atoms with Gasteiger partial charge in [-0.2, -0.15) is 0 Å². The summed E-state index contributed by atoms with van der Waals surface area (Å²) in [6.45, 7) is 8.26. The van der Waals surface area contributed by atoms with E-state index in [4.69, 9.17) is 5.84 Å². The molecule has 0 saturated heterocycles. The average molecular weight is 408 g/mol. The molecule has 0 bridgehead atoms. The van der Waals surface area contributed by atoms with Crippen LogP contribution in [0.5, 0.6) is 0 Å². The lowest BCUT2D eigenvalue weighted by Gasteiger charge is -2.18. The second-order valence-electron chi connectivity index (χ2n) is 4.82. The molecule has 24 heavy (non-hydrogen) atoms. The molecule has 0 aliphatic rings. The van der Waals surface area contributed by atoms with Gasteiger partial charge in [-0.1, -0.05) is 52.0 Å². The van der Waals surface area contributed by atoms with Gasteiger partial charge in [0.05, 0.1) is 5.75 Å². The fraction of sp³-hybridized carbons (Fsp3) is 0.188. The first-order valence-corrected chi connectivity index (χ1v) is 8.94. The van der Waals surface area contributed by atoms with Crippen molar-refractivity contribution in [3.05, 3.63) is 54.0 Å². The molecule has 0 radical (unpaired) electrons. The summed E-state index contributed by atoms with van der Waals surface area (Å²) in [4.78, 5) is 13.9. The van der Waals surface area contributed by atoms with Crippen LogP contribution < -0.4 is 5.84 Å². The van der Waals surface area contributed by atoms with E-state index in [9.17, 15) is 4.79 Å². The number of carbonyl (C=O) groups is 1. The number of hydrogen-bond acceptors (Lipinski definition) is 5. The minimum atomic E-state index is -0.0368. The zero-order valence-corrected chi connectivity index (χ0v) is 15.5. The Morgan fingerprint density at radius 3 is 2.58 bits per heavy atom. The smallest absolute Gasteiger partial charge is 0.233 e. The highest BCUT2D eigenvalue weighted by Gasteiger charge is 2.17. The zero-order chi connectivity index (χ0) is 17.5. The second-order valence-corrected chi connectivity index (χ2v) is 6.62. The van der Waals surface area contributed by atoms with Crippen LogP contribution in [0.2, 0.25) is 0 Å². The van der Waals surface area contributed by atoms with Crippen LogP contribution in [-0.2, 0) is 4.79 Å². The van der Waals surface area contributed by atoms with Crippen molar-refractivity contribution >= 4 is 33.6 Å². The largest absolute Gasteiger partial charge is 0.335 e. The third-order valence-corrected chi connectivity index (χ3v) is 4.78. The molecule has 6 nitrogen and oxygen atoms in total. The minimum Gasteiger partial charge on any atom is -0.335 e. The number of rotatable bonds is 8. The first-order chi connectivity index (χ1) is 11.6. The molecule has 0 aliphatic heterocycles. The van der Waals surface area contributed by atoms with Crippen LogP contribution in [0.3, 0.4) is 0 Å². The number of halogens is 1. The van der Waals surface area contributed by atoms with Gasteiger partial charge in [0, 0.05) is 23.1 Å². The minimum absolute atomic E-state index is 0.0368. The van der Waals surface area contributed by atoms with Gasteiger partial charge in [-0.25, -0.2) is 4.68 Å². The molecule has 0 fully saturated rings. The molecule has 2 rings (SSSR count). The average Bonchev–Trinajstić information content (AvgIpc) is 2.93. The summed E-state index contributed by atoms with van der Waals surface area (Å²) in [6.07, 6.45) is 3.37. The topological polar surface area (TPSA) is 77.0 Å². The molecule has 2 N–H and O–H groups in total. The highest BCUT2D eigenvalue weighted by molar-refractivity contribution is 9.10. The van der Waals surface area contributed by atoms with Crippen molar-refractivity contribution < 1.29 is 4.79 Å². The Bertz CT molecular complexity index is 736. The summed E-state index contributed by atoms with van der Waals surface area (Å²) in [5.74, 6) is 6.79. The van der Waals surface area contributed by atoms with Crippen LogP contribution in [0.1, 0.15) is 0 Å². The van der Waals surface area contributed by atoms with Crippen LogP contribution in [0, 0.1) is 0 Å². The van der Waals surface area contributed by atoms with E-state index in [0.29, 0.717) is 24.1 Å². The number of benzene rings is 1. The van der Waals surface area contributed by atoms with Gasteiger partial charge < -0.3 is 10.7 Å². The maximum Gasteiger partial charge on any atom is 0.233 e. The number of nitrogens with zero attached hydrogens (tertiary/aromatic N) is 4. The van der Waals surface area contributed by atoms with E-state index in [1.54, 1.807) is 17.1 Å². The Morgan fingerprint density at radius 1 is 1.29 bits per heavy atom. The molecular weight excluding hydrogens is 390 g/mol. The van der Waals surface area contributed by atoms with E-state index in [1.165, 1.54) is 16.4 Å². The van der Waals surface area contributed by atoms with Crippen LogP contribution in [0.15, 0.2) is 59.2 Å². The van der Waals surface area contributed by atoms with E-state index in [-0.39, 0.29) is 11.7 Å². The predicted octanol–water partition coefficient (Wildman–Crippen LogP) is 2.71. The first kappa shape index (κ1) is 18.3. The summed E-state index contributed by atoms with van der Waals surface area (Å²) < 4.78 is 2.27. The van der Waals surface area contributed by atoms with Gasteiger partial charge in [-0.15, -0.1) is 23.4 Å². The maximum absolute atomic E-state index is 12.2. The molecule has 0 aliphatic carbocycles. The van der Waals surface area contributed by atoms with Gasteiger partial charge in [0.15, 0.2) is 5.82 Å². The standard InChI is InChI=1S/C16H18BrN5OS/c1-3-9-21(10-4-2)14(23)11-24-16-20-19-15(22(16)18)12-7-5-6-8-13(12)17/h3-8H,1-2,9-11,18H2. The van der Waals surface area contributed by atoms with Crippen molar-refractivity contribution in [2.24, 2.45) is 0 Å². The number of nitrogens with two attached hydrogens (primary N) is 1. The Labute approximate surface area is 153 Å². The van der Waals surface area contributed by atoms with E-state index in [0.717, 1.165) is 10.0 Å². The molecule has 1 amide bonds. The van der Waals surface area contributed by atoms with Crippen LogP contribution in [0.4, 0.5) is 0 Å². The Kier molecular flexibility index (Phi) is 6.62. The lowest BCUT2D eigenvalue weighted by atomic mass is 10.2. The van der Waals surface area contributed by atoms with E-state index in [1.807, 2.05) is 24.3 Å². The van der Waals surface area contributed by atoms with E-state index in [2.05, 4.69) is 39.3 Å². The van der Waals surface area contributed by atoms with Gasteiger partial charge in [-0.3, -0.25) is 4.79 Å². The molecular formula is C16H18BrN5OS. The summed E-state index contributed by atoms with van der Waals surface area (Å²) in [7, 11) is 0. The molecule has 1 heterocycles. The highest BCUT2D eigenvalue weighted by atomic mass is 79.9. The van der Waals surface area contributed by atoms with Crippen molar-refractivity contribution in [3.8, 4) is 11.4 Å². The third kappa shape index (κ3) is 4.27. The number of amides is 1. The molecule has 0 spiro atoms. The number of nitrogen functional groups attached to an aromatic ring is 1. The lowest BCUT2D eigenvalue weighted by molar-refractivity contribution is -0.127. The normalized spacial score (nSPS) is 10.4. The van der Waals surface area contributed by atoms with E-state index < -0.39 is 0 Å². The summed E-state index contributed by atoms with van der Waals surface area (Å²) in [6, 6.07) is 7.61. The molecule has 1 aromatic heterocycles. The molecule has 126 valence electrons. The lowest BCUT2D eigenvalue weighted by Crippen LogP contribution is -2.32. The van der Waals surface area contributed by atoms with Gasteiger partial charge in [-0.05, 0) is 12.1 Å². The zero-order valence-electron chi connectivity index (χ0n) is 13.1. The predicted molar refractivity (Wildman–Crippen MR) is 101 cm³/mol. The number of aromatic nitrogens is 3. The Morgan fingerprint density at radius 2 is 1.96 bits per heavy atom. The number of carbonyl (C=O) groups excluding carboxylic acids is 1. The number of thioether (sulfide) groups is 1. The van der Waals surface area contributed by atoms with Crippen molar-refractivity contribution in [1.82, 2.24) is 19.8 Å². The van der Waals surface area contributed by atoms with Crippen molar-refractivity contribution in [1.29, 1.82) is 0 Å². The van der Waals surface area contributed by atoms with Gasteiger partial charge >= 0.3 is 0 Å². The quantitative estimate of drug-likeness (QED) is 0.413. The fourth-order valence-corrected chi connectivity index (χ4v) is 3.23. The number of hydrogen-bond donors (Lipinski definition) is 1. The third-order valence-electron chi connectivity index (χ3n) is 3.16. The van der Waals surface area contributed by atoms with Crippen molar-refractivity contribution in [3.63, 3.8) is 0 Å². The van der Waals surface area contributed by atoms with Crippen LogP contribution in [0.25, 0.3) is 11.4 Å². The molecule has 1 aromatic carbocycles. The molecule has 0 atom stereocenters. The second kappa shape index (κ2) is 8.70. The summed E-state index contributed by atoms with van der Waals surface area (Å²) in [5, 5.41) is 8.68. The Hall–Kier alpha value is -2.06. The van der Waals surface area contributed by atoms with Crippen molar-refractivity contribution in [2.45, 2.75) is 5.16 Å². The first-order valence-electron chi connectivity index (χ1n) is 7.16. The van der Waals surface area contributed by atoms with Gasteiger partial charge in [0.1, 0.15) is 0 Å². The fourth-order valence-electron chi connectivity index (χ4n) is 2.01. The maximum atomic E-state index is 12.2. The van der Waals surface area contributed by atoms with Crippen molar-refractivity contribution in [2.75, 3.05) is 24.7 Å². The molecule has 0 saturated carbocycles. The molecule has 8 heteroatoms. The summed E-state index contributed by atoms with van der Waals surface area (Å²) >= 11 is 4.71. The van der Waals surface area contributed by atoms with Crippen LogP contribution >= 0.6 is 27.7 Å². The van der Waals surface area contributed by atoms with Gasteiger partial charge in [0.2, 0.25) is 11.1 Å². The van der Waals surface area contributed by atoms with E-state index >= 15 is 0 Å². The van der Waals surface area contributed by atoms with Gasteiger partial charge in [0.25, 0.3) is 0 Å².